The molecule has 3 heterocycles. The van der Waals surface area contributed by atoms with Crippen molar-refractivity contribution in [3.63, 3.8) is 0 Å². The smallest absolute Gasteiger partial charge is 0.226 e. The molecule has 1 aliphatic rings. The van der Waals surface area contributed by atoms with Gasteiger partial charge < -0.3 is 19.2 Å². The number of aryl methyl sites for hydroxylation is 1. The second kappa shape index (κ2) is 8.81. The zero-order valence-corrected chi connectivity index (χ0v) is 18.4. The molecular weight excluding hydrogens is 444 g/mol. The van der Waals surface area contributed by atoms with Crippen molar-refractivity contribution in [3.05, 3.63) is 36.1 Å². The van der Waals surface area contributed by atoms with Gasteiger partial charge in [-0.05, 0) is 44.2 Å². The van der Waals surface area contributed by atoms with Gasteiger partial charge in [0.2, 0.25) is 5.88 Å². The minimum atomic E-state index is -0.618. The van der Waals surface area contributed by atoms with Gasteiger partial charge in [-0.25, -0.2) is 4.98 Å². The summed E-state index contributed by atoms with van der Waals surface area (Å²) in [5, 5.41) is 10.8. The fourth-order valence-electron chi connectivity index (χ4n) is 2.91. The molecule has 1 unspecified atom stereocenters. The van der Waals surface area contributed by atoms with Crippen LogP contribution in [-0.4, -0.2) is 39.4 Å². The van der Waals surface area contributed by atoms with Crippen LogP contribution in [0, 0.1) is 13.1 Å². The molecule has 3 N–H and O–H groups in total. The van der Waals surface area contributed by atoms with Gasteiger partial charge in [-0.15, -0.1) is 6.17 Å². The molecule has 2 aromatic heterocycles. The number of aromatic nitrogens is 4. The first-order valence-corrected chi connectivity index (χ1v) is 8.72. The Kier molecular flexibility index (Phi) is 6.67. The van der Waals surface area contributed by atoms with Gasteiger partial charge in [0, 0.05) is 55.8 Å². The molecular formula is C17H18FN6OSY-. The second-order valence-corrected chi connectivity index (χ2v) is 6.33. The maximum absolute atomic E-state index is 14.1. The fourth-order valence-corrected chi connectivity index (χ4v) is 3.06. The van der Waals surface area contributed by atoms with Crippen LogP contribution in [-0.2, 0) is 32.7 Å². The van der Waals surface area contributed by atoms with Crippen LogP contribution in [0.15, 0.2) is 24.3 Å². The number of aromatic amines is 1. The third-order valence-corrected chi connectivity index (χ3v) is 4.57. The third kappa shape index (κ3) is 4.26. The van der Waals surface area contributed by atoms with Crippen molar-refractivity contribution in [1.82, 2.24) is 25.5 Å². The summed E-state index contributed by atoms with van der Waals surface area (Å²) in [5.41, 5.74) is 2.94. The zero-order chi connectivity index (χ0) is 18.1. The van der Waals surface area contributed by atoms with E-state index in [0.717, 1.165) is 16.9 Å². The number of anilines is 1. The molecule has 0 amide bonds. The molecule has 27 heavy (non-hydrogen) atoms. The molecule has 10 heteroatoms. The van der Waals surface area contributed by atoms with Crippen LogP contribution in [0.5, 0.6) is 5.88 Å². The van der Waals surface area contributed by atoms with E-state index in [9.17, 15) is 4.39 Å². The minimum Gasteiger partial charge on any atom is -0.504 e. The van der Waals surface area contributed by atoms with E-state index in [0.29, 0.717) is 35.7 Å². The number of rotatable bonds is 4. The van der Waals surface area contributed by atoms with Gasteiger partial charge in [-0.1, -0.05) is 19.4 Å². The summed E-state index contributed by atoms with van der Waals surface area (Å²) in [7, 11) is 0. The SMILES string of the molecule is Cc1[nH]nc2nc(-c3ccc(NS)cc3)nc(OC3CCNC[C-]3F)c12.[Y]. The number of halogens is 1. The van der Waals surface area contributed by atoms with Gasteiger partial charge in [0.15, 0.2) is 11.5 Å². The van der Waals surface area contributed by atoms with Gasteiger partial charge in [0.05, 0.1) is 0 Å². The molecule has 3 aromatic rings. The Hall–Kier alpha value is -1.29. The van der Waals surface area contributed by atoms with E-state index in [2.05, 4.69) is 43.0 Å². The van der Waals surface area contributed by atoms with E-state index >= 15 is 0 Å². The number of nitrogens with zero attached hydrogens (tertiary/aromatic N) is 3. The summed E-state index contributed by atoms with van der Waals surface area (Å²) in [6.45, 7) is 2.76. The van der Waals surface area contributed by atoms with Crippen LogP contribution in [0.25, 0.3) is 22.4 Å². The van der Waals surface area contributed by atoms with Crippen molar-refractivity contribution >= 4 is 29.5 Å². The number of nitrogens with one attached hydrogen (secondary N) is 3. The first-order valence-electron chi connectivity index (χ1n) is 8.27. The summed E-state index contributed by atoms with van der Waals surface area (Å²) in [5.74, 6) is 0.814. The van der Waals surface area contributed by atoms with E-state index in [-0.39, 0.29) is 45.4 Å². The Morgan fingerprint density at radius 1 is 1.30 bits per heavy atom. The number of ether oxygens (including phenoxy) is 1. The summed E-state index contributed by atoms with van der Waals surface area (Å²) >= 11 is 4.02. The first kappa shape index (κ1) is 20.4. The number of hydrogen-bond donors (Lipinski definition) is 4. The van der Waals surface area contributed by atoms with Crippen molar-refractivity contribution in [1.29, 1.82) is 0 Å². The van der Waals surface area contributed by atoms with E-state index in [1.165, 1.54) is 0 Å². The molecule has 1 fully saturated rings. The Morgan fingerprint density at radius 2 is 2.07 bits per heavy atom. The molecule has 7 nitrogen and oxygen atoms in total. The van der Waals surface area contributed by atoms with Crippen molar-refractivity contribution in [2.24, 2.45) is 0 Å². The Morgan fingerprint density at radius 3 is 2.78 bits per heavy atom. The van der Waals surface area contributed by atoms with Crippen LogP contribution >= 0.6 is 12.8 Å². The molecule has 1 saturated heterocycles. The van der Waals surface area contributed by atoms with Gasteiger partial charge >= 0.3 is 0 Å². The summed E-state index contributed by atoms with van der Waals surface area (Å²) < 4.78 is 22.8. The number of H-pyrrole nitrogens is 1. The molecule has 0 saturated carbocycles. The molecule has 1 aliphatic heterocycles. The van der Waals surface area contributed by atoms with E-state index in [4.69, 9.17) is 4.74 Å². The van der Waals surface area contributed by atoms with E-state index < -0.39 is 6.10 Å². The van der Waals surface area contributed by atoms with Gasteiger partial charge in [0.25, 0.3) is 0 Å². The van der Waals surface area contributed by atoms with Crippen LogP contribution in [0.4, 0.5) is 10.1 Å². The standard InChI is InChI=1S/C17H18FN6OS.Y/c1-9-14-16(23-22-9)20-15(10-2-4-11(24-26)5-3-10)21-17(14)25-13-6-7-19-8-12(13)18;/h2-5,13,19,24,26H,6-8H2,1H3,(H,20,21,22,23);/q-1;. The molecule has 1 aromatic carbocycles. The molecule has 0 bridgehead atoms. The molecule has 0 spiro atoms. The van der Waals surface area contributed by atoms with E-state index in [1.807, 2.05) is 31.2 Å². The van der Waals surface area contributed by atoms with Crippen LogP contribution in [0.2, 0.25) is 0 Å². The van der Waals surface area contributed by atoms with Gasteiger partial charge in [-0.3, -0.25) is 5.10 Å². The predicted octanol–water partition coefficient (Wildman–Crippen LogP) is 2.82. The summed E-state index contributed by atoms with van der Waals surface area (Å²) in [6, 6.07) is 7.49. The fraction of sp³-hybridized carbons (Fsp3) is 0.294. The monoisotopic (exact) mass is 462 g/mol. The summed E-state index contributed by atoms with van der Waals surface area (Å²) in [4.78, 5) is 9.06. The van der Waals surface area contributed by atoms with Crippen LogP contribution < -0.4 is 14.8 Å². The second-order valence-electron chi connectivity index (χ2n) is 6.11. The quantitative estimate of drug-likeness (QED) is 0.353. The number of piperidine rings is 1. The average Bonchev–Trinajstić information content (AvgIpc) is 3.05. The van der Waals surface area contributed by atoms with Crippen LogP contribution in [0.3, 0.4) is 0 Å². The topological polar surface area (TPSA) is 87.8 Å². The zero-order valence-electron chi connectivity index (χ0n) is 14.7. The molecule has 1 atom stereocenters. The normalized spacial score (nSPS) is 17.5. The molecule has 0 aliphatic carbocycles. The Balaban J connectivity index is 0.00000210. The Bertz CT molecular complexity index is 922. The third-order valence-electron chi connectivity index (χ3n) is 4.31. The van der Waals surface area contributed by atoms with Gasteiger partial charge in [-0.2, -0.15) is 10.1 Å². The van der Waals surface area contributed by atoms with Crippen LogP contribution in [0.1, 0.15) is 12.1 Å². The average molecular weight is 462 g/mol. The minimum absolute atomic E-state index is 0. The molecule has 4 rings (SSSR count). The number of thiol groups is 1. The Labute approximate surface area is 186 Å². The van der Waals surface area contributed by atoms with Gasteiger partial charge in [0.1, 0.15) is 5.39 Å². The van der Waals surface area contributed by atoms with Crippen molar-refractivity contribution < 1.29 is 41.8 Å². The predicted molar refractivity (Wildman–Crippen MR) is 101 cm³/mol. The maximum Gasteiger partial charge on any atom is 0.226 e. The summed E-state index contributed by atoms with van der Waals surface area (Å²) in [6.07, 6.45) is -0.298. The molecule has 1 radical (unpaired) electrons. The largest absolute Gasteiger partial charge is 0.504 e. The number of benzene rings is 1. The molecule has 139 valence electrons. The maximum atomic E-state index is 14.1. The number of fused-ring (bicyclic) bond motifs is 1. The van der Waals surface area contributed by atoms with Crippen molar-refractivity contribution in [2.45, 2.75) is 19.4 Å². The van der Waals surface area contributed by atoms with Crippen molar-refractivity contribution in [3.8, 4) is 17.3 Å². The first-order chi connectivity index (χ1) is 12.7. The van der Waals surface area contributed by atoms with Crippen molar-refractivity contribution in [2.75, 3.05) is 17.8 Å². The van der Waals surface area contributed by atoms with E-state index in [1.54, 1.807) is 0 Å². The number of hydrogen-bond acceptors (Lipinski definition) is 7.